The van der Waals surface area contributed by atoms with Crippen molar-refractivity contribution in [2.45, 2.75) is 25.4 Å². The fraction of sp³-hybridized carbons (Fsp3) is 0.438. The van der Waals surface area contributed by atoms with Crippen LogP contribution in [0.4, 0.5) is 0 Å². The third-order valence-corrected chi connectivity index (χ3v) is 4.07. The Bertz CT molecular complexity index is 559. The molecule has 0 spiro atoms. The third-order valence-electron chi connectivity index (χ3n) is 4.07. The summed E-state index contributed by atoms with van der Waals surface area (Å²) < 4.78 is 5.45. The van der Waals surface area contributed by atoms with E-state index in [2.05, 4.69) is 6.07 Å². The normalized spacial score (nSPS) is 19.6. The van der Waals surface area contributed by atoms with Gasteiger partial charge in [-0.2, -0.15) is 0 Å². The molecule has 2 aliphatic heterocycles. The number of ether oxygens (including phenoxy) is 1. The molecule has 106 valence electrons. The average Bonchev–Trinajstić information content (AvgIpc) is 2.88. The van der Waals surface area contributed by atoms with E-state index in [9.17, 15) is 9.90 Å². The van der Waals surface area contributed by atoms with Gasteiger partial charge in [0.25, 0.3) is 0 Å². The summed E-state index contributed by atoms with van der Waals surface area (Å²) in [5, 5.41) is 9.90. The highest BCUT2D eigenvalue weighted by atomic mass is 16.5. The Kier molecular flexibility index (Phi) is 3.26. The molecule has 1 N–H and O–H groups in total. The first kappa shape index (κ1) is 13.2. The van der Waals surface area contributed by atoms with Crippen molar-refractivity contribution in [1.82, 2.24) is 4.90 Å². The number of hydrogen-bond donors (Lipinski definition) is 1. The monoisotopic (exact) mass is 273 g/mol. The van der Waals surface area contributed by atoms with E-state index in [1.165, 1.54) is 5.56 Å². The number of likely N-dealkylation sites (tertiary alicyclic amines) is 1. The molecule has 0 saturated carbocycles. The van der Waals surface area contributed by atoms with Gasteiger partial charge in [0.1, 0.15) is 5.75 Å². The molecule has 1 fully saturated rings. The van der Waals surface area contributed by atoms with Crippen LogP contribution in [0.3, 0.4) is 0 Å². The molecule has 4 heteroatoms. The van der Waals surface area contributed by atoms with Crippen LogP contribution in [0, 0.1) is 0 Å². The van der Waals surface area contributed by atoms with Crippen molar-refractivity contribution in [3.8, 4) is 5.75 Å². The Morgan fingerprint density at radius 3 is 3.05 bits per heavy atom. The molecule has 20 heavy (non-hydrogen) atoms. The van der Waals surface area contributed by atoms with Crippen LogP contribution in [0.1, 0.15) is 24.5 Å². The molecule has 0 radical (unpaired) electrons. The lowest BCUT2D eigenvalue weighted by molar-refractivity contribution is -0.150. The average molecular weight is 273 g/mol. The van der Waals surface area contributed by atoms with E-state index in [0.29, 0.717) is 19.5 Å². The number of carbonyl (C=O) groups is 1. The number of rotatable bonds is 3. The van der Waals surface area contributed by atoms with Gasteiger partial charge in [0, 0.05) is 12.5 Å². The maximum absolute atomic E-state index is 11.9. The lowest BCUT2D eigenvalue weighted by atomic mass is 9.91. The zero-order valence-electron chi connectivity index (χ0n) is 11.6. The molecule has 1 aromatic rings. The molecule has 4 nitrogen and oxygen atoms in total. The number of aliphatic hydroxyl groups is 1. The highest BCUT2D eigenvalue weighted by molar-refractivity contribution is 5.92. The van der Waals surface area contributed by atoms with Gasteiger partial charge < -0.3 is 14.7 Å². The largest absolute Gasteiger partial charge is 0.493 e. The second-order valence-electron chi connectivity index (χ2n) is 5.57. The molecule has 0 bridgehead atoms. The first-order chi connectivity index (χ1) is 9.59. The van der Waals surface area contributed by atoms with E-state index < -0.39 is 5.60 Å². The van der Waals surface area contributed by atoms with Crippen molar-refractivity contribution in [3.63, 3.8) is 0 Å². The SMILES string of the molecule is CCC1(O)CN(C(=O)C=Cc2ccc3c(c2)CCO3)C1. The Morgan fingerprint density at radius 1 is 1.50 bits per heavy atom. The van der Waals surface area contributed by atoms with Gasteiger partial charge in [-0.1, -0.05) is 13.0 Å². The molecular formula is C16H19NO3. The molecule has 3 rings (SSSR count). The highest BCUT2D eigenvalue weighted by Gasteiger charge is 2.41. The van der Waals surface area contributed by atoms with Crippen molar-refractivity contribution in [2.24, 2.45) is 0 Å². The lowest BCUT2D eigenvalue weighted by Gasteiger charge is -2.45. The fourth-order valence-corrected chi connectivity index (χ4v) is 2.63. The van der Waals surface area contributed by atoms with Crippen molar-refractivity contribution in [3.05, 3.63) is 35.4 Å². The number of fused-ring (bicyclic) bond motifs is 1. The van der Waals surface area contributed by atoms with Crippen LogP contribution in [0.5, 0.6) is 5.75 Å². The van der Waals surface area contributed by atoms with Crippen molar-refractivity contribution in [2.75, 3.05) is 19.7 Å². The maximum Gasteiger partial charge on any atom is 0.246 e. The van der Waals surface area contributed by atoms with E-state index in [0.717, 1.165) is 24.3 Å². The van der Waals surface area contributed by atoms with E-state index in [4.69, 9.17) is 4.74 Å². The molecule has 0 unspecified atom stereocenters. The van der Waals surface area contributed by atoms with Crippen LogP contribution >= 0.6 is 0 Å². The Morgan fingerprint density at radius 2 is 2.30 bits per heavy atom. The summed E-state index contributed by atoms with van der Waals surface area (Å²) in [5.74, 6) is 0.907. The molecule has 1 saturated heterocycles. The fourth-order valence-electron chi connectivity index (χ4n) is 2.63. The van der Waals surface area contributed by atoms with Crippen molar-refractivity contribution < 1.29 is 14.6 Å². The Balaban J connectivity index is 1.62. The summed E-state index contributed by atoms with van der Waals surface area (Å²) in [6.45, 7) is 3.55. The topological polar surface area (TPSA) is 49.8 Å². The number of hydrogen-bond acceptors (Lipinski definition) is 3. The molecule has 1 aromatic carbocycles. The quantitative estimate of drug-likeness (QED) is 0.851. The Labute approximate surface area is 118 Å². The van der Waals surface area contributed by atoms with E-state index in [1.807, 2.05) is 25.1 Å². The molecule has 2 heterocycles. The zero-order valence-corrected chi connectivity index (χ0v) is 11.6. The molecular weight excluding hydrogens is 254 g/mol. The van der Waals surface area contributed by atoms with E-state index in [1.54, 1.807) is 11.0 Å². The summed E-state index contributed by atoms with van der Waals surface area (Å²) in [7, 11) is 0. The van der Waals surface area contributed by atoms with Gasteiger partial charge in [-0.15, -0.1) is 0 Å². The van der Waals surface area contributed by atoms with Crippen molar-refractivity contribution >= 4 is 12.0 Å². The van der Waals surface area contributed by atoms with Gasteiger partial charge >= 0.3 is 0 Å². The summed E-state index contributed by atoms with van der Waals surface area (Å²) in [4.78, 5) is 13.6. The lowest BCUT2D eigenvalue weighted by Crippen LogP contribution is -2.62. The van der Waals surface area contributed by atoms with Crippen LogP contribution in [0.15, 0.2) is 24.3 Å². The van der Waals surface area contributed by atoms with Crippen LogP contribution in [-0.2, 0) is 11.2 Å². The van der Waals surface area contributed by atoms with Gasteiger partial charge in [0.2, 0.25) is 5.91 Å². The highest BCUT2D eigenvalue weighted by Crippen LogP contribution is 2.27. The smallest absolute Gasteiger partial charge is 0.246 e. The van der Waals surface area contributed by atoms with Crippen LogP contribution in [-0.4, -0.2) is 41.2 Å². The minimum Gasteiger partial charge on any atom is -0.493 e. The number of carbonyl (C=O) groups excluding carboxylic acids is 1. The van der Waals surface area contributed by atoms with Gasteiger partial charge in [-0.3, -0.25) is 4.79 Å². The Hall–Kier alpha value is -1.81. The van der Waals surface area contributed by atoms with Crippen LogP contribution in [0.25, 0.3) is 6.08 Å². The summed E-state index contributed by atoms with van der Waals surface area (Å²) in [6, 6.07) is 5.96. The van der Waals surface area contributed by atoms with Gasteiger partial charge in [-0.05, 0) is 35.8 Å². The van der Waals surface area contributed by atoms with Crippen LogP contribution in [0.2, 0.25) is 0 Å². The maximum atomic E-state index is 11.9. The predicted molar refractivity (Wildman–Crippen MR) is 76.5 cm³/mol. The second kappa shape index (κ2) is 4.94. The summed E-state index contributed by atoms with van der Waals surface area (Å²) in [5.41, 5.74) is 1.53. The molecule has 0 aliphatic carbocycles. The first-order valence-corrected chi connectivity index (χ1v) is 7.05. The third kappa shape index (κ3) is 2.43. The molecule has 0 aromatic heterocycles. The number of β-amino-alcohol motifs (C(OH)–C–C–N with tert-alkyl or cyclic N) is 1. The summed E-state index contributed by atoms with van der Waals surface area (Å²) >= 11 is 0. The standard InChI is InChI=1S/C16H19NO3/c1-2-16(19)10-17(11-16)15(18)6-4-12-3-5-14-13(9-12)7-8-20-14/h3-6,9,19H,2,7-8,10-11H2,1H3. The molecule has 1 amide bonds. The van der Waals surface area contributed by atoms with Gasteiger partial charge in [-0.25, -0.2) is 0 Å². The van der Waals surface area contributed by atoms with Gasteiger partial charge in [0.05, 0.1) is 25.3 Å². The number of amides is 1. The minimum atomic E-state index is -0.672. The first-order valence-electron chi connectivity index (χ1n) is 7.05. The predicted octanol–water partition coefficient (Wildman–Crippen LogP) is 1.62. The molecule has 0 atom stereocenters. The molecule has 2 aliphatic rings. The van der Waals surface area contributed by atoms with Crippen molar-refractivity contribution in [1.29, 1.82) is 0 Å². The minimum absolute atomic E-state index is 0.0418. The van der Waals surface area contributed by atoms with Gasteiger partial charge in [0.15, 0.2) is 0 Å². The van der Waals surface area contributed by atoms with Crippen LogP contribution < -0.4 is 4.74 Å². The number of benzene rings is 1. The van der Waals surface area contributed by atoms with E-state index in [-0.39, 0.29) is 5.91 Å². The summed E-state index contributed by atoms with van der Waals surface area (Å²) in [6.07, 6.45) is 5.02. The number of nitrogens with zero attached hydrogens (tertiary/aromatic N) is 1. The zero-order chi connectivity index (χ0) is 14.2. The van der Waals surface area contributed by atoms with E-state index >= 15 is 0 Å². The second-order valence-corrected chi connectivity index (χ2v) is 5.57.